The Morgan fingerprint density at radius 2 is 2.17 bits per heavy atom. The van der Waals surface area contributed by atoms with E-state index in [9.17, 15) is 5.11 Å². The van der Waals surface area contributed by atoms with Crippen molar-refractivity contribution in [3.05, 3.63) is 0 Å². The van der Waals surface area contributed by atoms with Crippen LogP contribution in [0.15, 0.2) is 0 Å². The average Bonchev–Trinajstić information content (AvgIpc) is 2.02. The van der Waals surface area contributed by atoms with E-state index in [1.807, 2.05) is 6.92 Å². The fourth-order valence-electron chi connectivity index (χ4n) is 1.08. The van der Waals surface area contributed by atoms with Crippen molar-refractivity contribution in [2.24, 2.45) is 0 Å². The second-order valence-electron chi connectivity index (χ2n) is 3.21. The summed E-state index contributed by atoms with van der Waals surface area (Å²) >= 11 is 0. The van der Waals surface area contributed by atoms with Crippen LogP contribution >= 0.6 is 0 Å². The lowest BCUT2D eigenvalue weighted by Crippen LogP contribution is -2.36. The zero-order chi connectivity index (χ0) is 9.40. The highest BCUT2D eigenvalue weighted by Gasteiger charge is 2.04. The Morgan fingerprint density at radius 3 is 2.67 bits per heavy atom. The Balaban J connectivity index is 3.27. The minimum Gasteiger partial charge on any atom is -0.392 e. The molecule has 3 heteroatoms. The zero-order valence-corrected chi connectivity index (χ0v) is 8.34. The summed E-state index contributed by atoms with van der Waals surface area (Å²) in [6, 6.07) is 0.321. The molecule has 2 atom stereocenters. The van der Waals surface area contributed by atoms with Gasteiger partial charge in [-0.2, -0.15) is 0 Å². The fraction of sp³-hybridized carbons (Fsp3) is 1.00. The molecule has 0 aliphatic heterocycles. The van der Waals surface area contributed by atoms with Gasteiger partial charge in [0.1, 0.15) is 0 Å². The van der Waals surface area contributed by atoms with Gasteiger partial charge in [0.25, 0.3) is 0 Å². The maximum atomic E-state index is 9.36. The Hall–Kier alpha value is -0.120. The van der Waals surface area contributed by atoms with Gasteiger partial charge in [-0.25, -0.2) is 0 Å². The van der Waals surface area contributed by atoms with Gasteiger partial charge in [0.05, 0.1) is 12.7 Å². The van der Waals surface area contributed by atoms with Crippen molar-refractivity contribution in [2.75, 3.05) is 20.3 Å². The smallest absolute Gasteiger partial charge is 0.0664 e. The molecule has 0 aliphatic carbocycles. The standard InChI is InChI=1S/C9H21NO2/c1-4-5-9(11)6-10-8(2)7-12-3/h8-11H,4-7H2,1-3H3. The minimum absolute atomic E-state index is 0.214. The predicted octanol–water partition coefficient (Wildman–Crippen LogP) is 0.772. The molecule has 2 unspecified atom stereocenters. The van der Waals surface area contributed by atoms with Crippen molar-refractivity contribution in [3.63, 3.8) is 0 Å². The summed E-state index contributed by atoms with van der Waals surface area (Å²) in [5, 5.41) is 12.6. The van der Waals surface area contributed by atoms with Crippen molar-refractivity contribution in [1.29, 1.82) is 0 Å². The van der Waals surface area contributed by atoms with Crippen LogP contribution in [0.2, 0.25) is 0 Å². The van der Waals surface area contributed by atoms with E-state index in [4.69, 9.17) is 4.74 Å². The highest BCUT2D eigenvalue weighted by molar-refractivity contribution is 4.63. The number of aliphatic hydroxyl groups is 1. The van der Waals surface area contributed by atoms with Crippen molar-refractivity contribution < 1.29 is 9.84 Å². The summed E-state index contributed by atoms with van der Waals surface area (Å²) in [5.41, 5.74) is 0. The highest BCUT2D eigenvalue weighted by Crippen LogP contribution is 1.94. The molecule has 0 amide bonds. The monoisotopic (exact) mass is 175 g/mol. The number of nitrogens with one attached hydrogen (secondary N) is 1. The number of aliphatic hydroxyl groups excluding tert-OH is 1. The topological polar surface area (TPSA) is 41.5 Å². The molecule has 0 bridgehead atoms. The van der Waals surface area contributed by atoms with Crippen LogP contribution < -0.4 is 5.32 Å². The molecule has 0 aromatic carbocycles. The molecular formula is C9H21NO2. The third kappa shape index (κ3) is 6.58. The lowest BCUT2D eigenvalue weighted by Gasteiger charge is -2.15. The first-order valence-corrected chi connectivity index (χ1v) is 4.61. The summed E-state index contributed by atoms with van der Waals surface area (Å²) in [6.07, 6.45) is 1.68. The first kappa shape index (κ1) is 11.9. The molecule has 0 saturated heterocycles. The van der Waals surface area contributed by atoms with Crippen LogP contribution in [0.3, 0.4) is 0 Å². The lowest BCUT2D eigenvalue weighted by molar-refractivity contribution is 0.136. The van der Waals surface area contributed by atoms with E-state index in [1.165, 1.54) is 0 Å². The van der Waals surface area contributed by atoms with Gasteiger partial charge in [0.15, 0.2) is 0 Å². The van der Waals surface area contributed by atoms with Crippen LogP contribution in [0.1, 0.15) is 26.7 Å². The average molecular weight is 175 g/mol. The number of hydrogen-bond acceptors (Lipinski definition) is 3. The molecule has 0 aromatic rings. The molecule has 12 heavy (non-hydrogen) atoms. The maximum Gasteiger partial charge on any atom is 0.0664 e. The summed E-state index contributed by atoms with van der Waals surface area (Å²) < 4.78 is 4.95. The van der Waals surface area contributed by atoms with Crippen LogP contribution in [0.5, 0.6) is 0 Å². The SMILES string of the molecule is CCCC(O)CNC(C)COC. The molecule has 0 aliphatic rings. The summed E-state index contributed by atoms with van der Waals surface area (Å²) in [4.78, 5) is 0. The largest absolute Gasteiger partial charge is 0.392 e. The number of ether oxygens (including phenoxy) is 1. The van der Waals surface area contributed by atoms with Gasteiger partial charge in [0.2, 0.25) is 0 Å². The fourth-order valence-corrected chi connectivity index (χ4v) is 1.08. The van der Waals surface area contributed by atoms with E-state index < -0.39 is 0 Å². The summed E-state index contributed by atoms with van der Waals surface area (Å²) in [5.74, 6) is 0. The molecule has 0 saturated carbocycles. The van der Waals surface area contributed by atoms with E-state index >= 15 is 0 Å². The first-order valence-electron chi connectivity index (χ1n) is 4.61. The highest BCUT2D eigenvalue weighted by atomic mass is 16.5. The molecule has 0 aromatic heterocycles. The van der Waals surface area contributed by atoms with Gasteiger partial charge in [-0.1, -0.05) is 13.3 Å². The van der Waals surface area contributed by atoms with Gasteiger partial charge >= 0.3 is 0 Å². The zero-order valence-electron chi connectivity index (χ0n) is 8.34. The predicted molar refractivity (Wildman–Crippen MR) is 50.3 cm³/mol. The molecule has 0 heterocycles. The third-order valence-electron chi connectivity index (χ3n) is 1.74. The van der Waals surface area contributed by atoms with Crippen LogP contribution in [-0.2, 0) is 4.74 Å². The maximum absolute atomic E-state index is 9.36. The quantitative estimate of drug-likeness (QED) is 0.600. The Kier molecular flexibility index (Phi) is 7.45. The van der Waals surface area contributed by atoms with E-state index in [-0.39, 0.29) is 6.10 Å². The van der Waals surface area contributed by atoms with E-state index in [2.05, 4.69) is 12.2 Å². The van der Waals surface area contributed by atoms with E-state index in [0.29, 0.717) is 19.2 Å². The first-order chi connectivity index (χ1) is 5.70. The van der Waals surface area contributed by atoms with E-state index in [1.54, 1.807) is 7.11 Å². The van der Waals surface area contributed by atoms with Crippen molar-refractivity contribution in [2.45, 2.75) is 38.8 Å². The number of hydrogen-bond donors (Lipinski definition) is 2. The van der Waals surface area contributed by atoms with Gasteiger partial charge in [-0.05, 0) is 13.3 Å². The second-order valence-corrected chi connectivity index (χ2v) is 3.21. The van der Waals surface area contributed by atoms with Gasteiger partial charge in [-0.15, -0.1) is 0 Å². The Labute approximate surface area is 75.1 Å². The van der Waals surface area contributed by atoms with Crippen molar-refractivity contribution in [1.82, 2.24) is 5.32 Å². The number of methoxy groups -OCH3 is 1. The molecule has 0 rings (SSSR count). The summed E-state index contributed by atoms with van der Waals surface area (Å²) in [6.45, 7) is 5.47. The Bertz CT molecular complexity index is 86.5. The molecule has 0 spiro atoms. The molecule has 74 valence electrons. The molecular weight excluding hydrogens is 154 g/mol. The van der Waals surface area contributed by atoms with E-state index in [0.717, 1.165) is 12.8 Å². The van der Waals surface area contributed by atoms with Crippen LogP contribution in [0, 0.1) is 0 Å². The summed E-state index contributed by atoms with van der Waals surface area (Å²) in [7, 11) is 1.68. The number of rotatable bonds is 7. The minimum atomic E-state index is -0.214. The van der Waals surface area contributed by atoms with Crippen LogP contribution in [-0.4, -0.2) is 37.5 Å². The van der Waals surface area contributed by atoms with Crippen LogP contribution in [0.25, 0.3) is 0 Å². The second kappa shape index (κ2) is 7.53. The van der Waals surface area contributed by atoms with Crippen molar-refractivity contribution >= 4 is 0 Å². The molecule has 0 fully saturated rings. The van der Waals surface area contributed by atoms with Crippen molar-refractivity contribution in [3.8, 4) is 0 Å². The molecule has 0 radical (unpaired) electrons. The van der Waals surface area contributed by atoms with Gasteiger partial charge in [0, 0.05) is 19.7 Å². The Morgan fingerprint density at radius 1 is 1.50 bits per heavy atom. The third-order valence-corrected chi connectivity index (χ3v) is 1.74. The normalized spacial score (nSPS) is 16.0. The molecule has 2 N–H and O–H groups in total. The lowest BCUT2D eigenvalue weighted by atomic mass is 10.2. The van der Waals surface area contributed by atoms with Gasteiger partial charge in [-0.3, -0.25) is 0 Å². The van der Waals surface area contributed by atoms with Gasteiger partial charge < -0.3 is 15.2 Å². The van der Waals surface area contributed by atoms with Crippen LogP contribution in [0.4, 0.5) is 0 Å². The molecule has 3 nitrogen and oxygen atoms in total.